The fourth-order valence-electron chi connectivity index (χ4n) is 0.553. The molecule has 1 N–H and O–H groups in total. The van der Waals surface area contributed by atoms with E-state index < -0.39 is 0 Å². The maximum atomic E-state index is 4.65. The van der Waals surface area contributed by atoms with Gasteiger partial charge in [-0.15, -0.1) is 0 Å². The van der Waals surface area contributed by atoms with E-state index in [-0.39, 0.29) is 12.5 Å². The molecule has 2 atom stereocenters. The minimum absolute atomic E-state index is 0.0509. The first-order chi connectivity index (χ1) is 3.29. The molecule has 0 aromatic carbocycles. The molecule has 3 heteroatoms. The van der Waals surface area contributed by atoms with Crippen molar-refractivity contribution >= 4 is 0 Å². The highest BCUT2D eigenvalue weighted by atomic mass is 17.2. The third kappa shape index (κ3) is 1.12. The monoisotopic (exact) mass is 103 g/mol. The standard InChI is InChI=1S/C4H9NO2/c1-3-5-4(2)7-6-3/h3-5H,1-2H3. The Balaban J connectivity index is 2.26. The molecule has 0 amide bonds. The second kappa shape index (κ2) is 1.78. The van der Waals surface area contributed by atoms with Crippen molar-refractivity contribution in [3.05, 3.63) is 0 Å². The maximum absolute atomic E-state index is 4.65. The van der Waals surface area contributed by atoms with Gasteiger partial charge in [-0.2, -0.15) is 0 Å². The van der Waals surface area contributed by atoms with E-state index >= 15 is 0 Å². The van der Waals surface area contributed by atoms with Gasteiger partial charge < -0.3 is 0 Å². The fraction of sp³-hybridized carbons (Fsp3) is 1.00. The van der Waals surface area contributed by atoms with Gasteiger partial charge in [0.05, 0.1) is 0 Å². The van der Waals surface area contributed by atoms with Crippen LogP contribution in [-0.2, 0) is 9.78 Å². The number of nitrogens with one attached hydrogen (secondary N) is 1. The van der Waals surface area contributed by atoms with E-state index in [1.807, 2.05) is 13.8 Å². The summed E-state index contributed by atoms with van der Waals surface area (Å²) in [5.74, 6) is 0. The van der Waals surface area contributed by atoms with Gasteiger partial charge in [0.25, 0.3) is 0 Å². The molecule has 1 rings (SSSR count). The van der Waals surface area contributed by atoms with Crippen LogP contribution in [0.3, 0.4) is 0 Å². The quantitative estimate of drug-likeness (QED) is 0.445. The van der Waals surface area contributed by atoms with Gasteiger partial charge in [-0.1, -0.05) is 0 Å². The Morgan fingerprint density at radius 2 is 1.57 bits per heavy atom. The van der Waals surface area contributed by atoms with Gasteiger partial charge in [0.1, 0.15) is 12.5 Å². The molecule has 0 radical (unpaired) electrons. The summed E-state index contributed by atoms with van der Waals surface area (Å²) in [5, 5.41) is 2.97. The molecule has 2 unspecified atom stereocenters. The van der Waals surface area contributed by atoms with Crippen LogP contribution in [0.2, 0.25) is 0 Å². The molecule has 1 aliphatic heterocycles. The molecule has 3 nitrogen and oxygen atoms in total. The number of hydrogen-bond donors (Lipinski definition) is 1. The predicted octanol–water partition coefficient (Wildman–Crippen LogP) is 0.230. The number of hydrogen-bond acceptors (Lipinski definition) is 3. The molecule has 0 aromatic rings. The number of rotatable bonds is 0. The zero-order valence-electron chi connectivity index (χ0n) is 4.47. The lowest BCUT2D eigenvalue weighted by Crippen LogP contribution is -2.24. The van der Waals surface area contributed by atoms with Gasteiger partial charge in [-0.25, -0.2) is 9.78 Å². The van der Waals surface area contributed by atoms with E-state index in [0.717, 1.165) is 0 Å². The van der Waals surface area contributed by atoms with Crippen molar-refractivity contribution in [3.63, 3.8) is 0 Å². The first kappa shape index (κ1) is 5.03. The topological polar surface area (TPSA) is 30.5 Å². The molecular weight excluding hydrogens is 94.0 g/mol. The minimum Gasteiger partial charge on any atom is -0.262 e. The van der Waals surface area contributed by atoms with Crippen LogP contribution in [0, 0.1) is 0 Å². The summed E-state index contributed by atoms with van der Waals surface area (Å²) in [6.07, 6.45) is 0.102. The van der Waals surface area contributed by atoms with E-state index in [0.29, 0.717) is 0 Å². The van der Waals surface area contributed by atoms with Crippen molar-refractivity contribution in [3.8, 4) is 0 Å². The van der Waals surface area contributed by atoms with E-state index in [1.54, 1.807) is 0 Å². The Morgan fingerprint density at radius 3 is 1.71 bits per heavy atom. The molecule has 7 heavy (non-hydrogen) atoms. The SMILES string of the molecule is CC1NC(C)OO1. The van der Waals surface area contributed by atoms with Gasteiger partial charge >= 0.3 is 0 Å². The molecule has 1 fully saturated rings. The molecule has 0 bridgehead atoms. The van der Waals surface area contributed by atoms with Crippen molar-refractivity contribution in [2.24, 2.45) is 0 Å². The zero-order valence-corrected chi connectivity index (χ0v) is 4.47. The molecule has 0 spiro atoms. The predicted molar refractivity (Wildman–Crippen MR) is 24.2 cm³/mol. The second-order valence-corrected chi connectivity index (χ2v) is 1.64. The van der Waals surface area contributed by atoms with Crippen LogP contribution < -0.4 is 5.32 Å². The van der Waals surface area contributed by atoms with Crippen molar-refractivity contribution in [1.82, 2.24) is 5.32 Å². The summed E-state index contributed by atoms with van der Waals surface area (Å²) in [4.78, 5) is 9.31. The summed E-state index contributed by atoms with van der Waals surface area (Å²) < 4.78 is 0. The summed E-state index contributed by atoms with van der Waals surface area (Å²) in [6, 6.07) is 0. The summed E-state index contributed by atoms with van der Waals surface area (Å²) in [7, 11) is 0. The maximum Gasteiger partial charge on any atom is 0.143 e. The van der Waals surface area contributed by atoms with Gasteiger partial charge in [-0.3, -0.25) is 5.32 Å². The van der Waals surface area contributed by atoms with Crippen molar-refractivity contribution < 1.29 is 9.78 Å². The van der Waals surface area contributed by atoms with Crippen LogP contribution in [-0.4, -0.2) is 12.5 Å². The van der Waals surface area contributed by atoms with Crippen LogP contribution >= 0.6 is 0 Å². The molecular formula is C4H9NO2. The lowest BCUT2D eigenvalue weighted by Gasteiger charge is -1.94. The Kier molecular flexibility index (Phi) is 1.27. The highest BCUT2D eigenvalue weighted by Crippen LogP contribution is 2.01. The Hall–Kier alpha value is -0.120. The minimum atomic E-state index is 0.0509. The van der Waals surface area contributed by atoms with E-state index in [2.05, 4.69) is 15.1 Å². The van der Waals surface area contributed by atoms with Crippen LogP contribution in [0.15, 0.2) is 0 Å². The molecule has 1 heterocycles. The smallest absolute Gasteiger partial charge is 0.143 e. The lowest BCUT2D eigenvalue weighted by atomic mass is 10.6. The van der Waals surface area contributed by atoms with Gasteiger partial charge in [0, 0.05) is 0 Å². The molecule has 0 saturated carbocycles. The Morgan fingerprint density at radius 1 is 1.14 bits per heavy atom. The molecule has 0 aromatic heterocycles. The van der Waals surface area contributed by atoms with E-state index in [1.165, 1.54) is 0 Å². The third-order valence-electron chi connectivity index (χ3n) is 0.814. The van der Waals surface area contributed by atoms with Gasteiger partial charge in [0.2, 0.25) is 0 Å². The lowest BCUT2D eigenvalue weighted by molar-refractivity contribution is -0.290. The highest BCUT2D eigenvalue weighted by molar-refractivity contribution is 4.51. The molecule has 42 valence electrons. The van der Waals surface area contributed by atoms with Crippen molar-refractivity contribution in [1.29, 1.82) is 0 Å². The average molecular weight is 103 g/mol. The van der Waals surface area contributed by atoms with Crippen LogP contribution in [0.25, 0.3) is 0 Å². The van der Waals surface area contributed by atoms with E-state index in [4.69, 9.17) is 0 Å². The van der Waals surface area contributed by atoms with Crippen molar-refractivity contribution in [2.75, 3.05) is 0 Å². The van der Waals surface area contributed by atoms with E-state index in [9.17, 15) is 0 Å². The highest BCUT2D eigenvalue weighted by Gasteiger charge is 2.16. The largest absolute Gasteiger partial charge is 0.262 e. The summed E-state index contributed by atoms with van der Waals surface area (Å²) >= 11 is 0. The zero-order chi connectivity index (χ0) is 5.28. The third-order valence-corrected chi connectivity index (χ3v) is 0.814. The Labute approximate surface area is 42.5 Å². The molecule has 0 aliphatic carbocycles. The van der Waals surface area contributed by atoms with Gasteiger partial charge in [-0.05, 0) is 13.8 Å². The first-order valence-electron chi connectivity index (χ1n) is 2.37. The van der Waals surface area contributed by atoms with Crippen LogP contribution in [0.5, 0.6) is 0 Å². The molecule has 1 aliphatic rings. The second-order valence-electron chi connectivity index (χ2n) is 1.64. The van der Waals surface area contributed by atoms with Crippen molar-refractivity contribution in [2.45, 2.75) is 26.3 Å². The first-order valence-corrected chi connectivity index (χ1v) is 2.37. The van der Waals surface area contributed by atoms with Crippen LogP contribution in [0.4, 0.5) is 0 Å². The summed E-state index contributed by atoms with van der Waals surface area (Å²) in [5.41, 5.74) is 0. The Bertz CT molecular complexity index is 58.7. The van der Waals surface area contributed by atoms with Crippen LogP contribution in [0.1, 0.15) is 13.8 Å². The summed E-state index contributed by atoms with van der Waals surface area (Å²) in [6.45, 7) is 3.78. The molecule has 1 saturated heterocycles. The normalized spacial score (nSPS) is 42.0. The fourth-order valence-corrected chi connectivity index (χ4v) is 0.553. The average Bonchev–Trinajstić information content (AvgIpc) is 1.87. The van der Waals surface area contributed by atoms with Gasteiger partial charge in [0.15, 0.2) is 0 Å².